The van der Waals surface area contributed by atoms with Gasteiger partial charge in [0.25, 0.3) is 0 Å². The molecule has 0 heterocycles. The average Bonchev–Trinajstić information content (AvgIpc) is 2.25. The first-order valence-corrected chi connectivity index (χ1v) is 5.23. The number of hydrogen-bond acceptors (Lipinski definition) is 3. The number of nitrogens with two attached hydrogens (primary N) is 1. The summed E-state index contributed by atoms with van der Waals surface area (Å²) in [5.41, 5.74) is 6.45. The maximum atomic E-state index is 10.9. The van der Waals surface area contributed by atoms with Crippen LogP contribution in [0.25, 0.3) is 0 Å². The molecule has 1 atom stereocenters. The van der Waals surface area contributed by atoms with E-state index in [1.165, 1.54) is 0 Å². The van der Waals surface area contributed by atoms with Gasteiger partial charge >= 0.3 is 5.97 Å². The zero-order valence-corrected chi connectivity index (χ0v) is 10.7. The third kappa shape index (κ3) is 4.63. The molecule has 0 bridgehead atoms. The van der Waals surface area contributed by atoms with Gasteiger partial charge in [-0.15, -0.1) is 12.4 Å². The third-order valence-corrected chi connectivity index (χ3v) is 2.27. The molecule has 0 amide bonds. The highest BCUT2D eigenvalue weighted by atomic mass is 35.5. The molecule has 1 unspecified atom stereocenters. The first kappa shape index (κ1) is 15.7. The molecule has 0 aliphatic heterocycles. The fraction of sp³-hybridized carbons (Fsp3) is 0.417. The zero-order chi connectivity index (χ0) is 12.1. The molecule has 0 aromatic heterocycles. The standard InChI is InChI=1S/C12H17NO3.ClH/c1-8(2)11(12(14)15)16-10-5-3-9(7-13)4-6-10;/h3-6,8,11H,7,13H2,1-2H3,(H,14,15);1H. The lowest BCUT2D eigenvalue weighted by Gasteiger charge is -2.18. The molecule has 1 aromatic rings. The van der Waals surface area contributed by atoms with Crippen molar-refractivity contribution in [1.29, 1.82) is 0 Å². The van der Waals surface area contributed by atoms with E-state index in [1.54, 1.807) is 12.1 Å². The van der Waals surface area contributed by atoms with Gasteiger partial charge in [0.1, 0.15) is 5.75 Å². The molecule has 5 heteroatoms. The van der Waals surface area contributed by atoms with Crippen LogP contribution < -0.4 is 10.5 Å². The maximum Gasteiger partial charge on any atom is 0.345 e. The highest BCUT2D eigenvalue weighted by Crippen LogP contribution is 2.17. The summed E-state index contributed by atoms with van der Waals surface area (Å²) in [6, 6.07) is 7.13. The van der Waals surface area contributed by atoms with Gasteiger partial charge in [-0.25, -0.2) is 4.79 Å². The van der Waals surface area contributed by atoms with Crippen molar-refractivity contribution in [2.24, 2.45) is 11.7 Å². The Morgan fingerprint density at radius 3 is 2.24 bits per heavy atom. The van der Waals surface area contributed by atoms with Gasteiger partial charge in [-0.3, -0.25) is 0 Å². The monoisotopic (exact) mass is 259 g/mol. The molecular formula is C12H18ClNO3. The first-order valence-electron chi connectivity index (χ1n) is 5.23. The molecular weight excluding hydrogens is 242 g/mol. The van der Waals surface area contributed by atoms with E-state index in [4.69, 9.17) is 15.6 Å². The van der Waals surface area contributed by atoms with Crippen LogP contribution in [0.2, 0.25) is 0 Å². The molecule has 0 spiro atoms. The van der Waals surface area contributed by atoms with E-state index in [0.29, 0.717) is 12.3 Å². The van der Waals surface area contributed by atoms with Crippen molar-refractivity contribution in [2.45, 2.75) is 26.5 Å². The number of carboxylic acids is 1. The Morgan fingerprint density at radius 2 is 1.88 bits per heavy atom. The van der Waals surface area contributed by atoms with Crippen molar-refractivity contribution in [3.05, 3.63) is 29.8 Å². The fourth-order valence-electron chi connectivity index (χ4n) is 1.32. The Hall–Kier alpha value is -1.26. The number of ether oxygens (including phenoxy) is 1. The van der Waals surface area contributed by atoms with Crippen LogP contribution in [-0.2, 0) is 11.3 Å². The van der Waals surface area contributed by atoms with E-state index in [0.717, 1.165) is 5.56 Å². The number of carbonyl (C=O) groups is 1. The Balaban J connectivity index is 0.00000256. The second-order valence-electron chi connectivity index (χ2n) is 3.97. The van der Waals surface area contributed by atoms with Crippen molar-refractivity contribution in [3.8, 4) is 5.75 Å². The molecule has 0 fully saturated rings. The summed E-state index contributed by atoms with van der Waals surface area (Å²) >= 11 is 0. The average molecular weight is 260 g/mol. The van der Waals surface area contributed by atoms with E-state index in [1.807, 2.05) is 26.0 Å². The number of halogens is 1. The van der Waals surface area contributed by atoms with Crippen LogP contribution in [0.1, 0.15) is 19.4 Å². The van der Waals surface area contributed by atoms with E-state index >= 15 is 0 Å². The van der Waals surface area contributed by atoms with Crippen LogP contribution in [0.15, 0.2) is 24.3 Å². The Morgan fingerprint density at radius 1 is 1.35 bits per heavy atom. The zero-order valence-electron chi connectivity index (χ0n) is 9.92. The maximum absolute atomic E-state index is 10.9. The molecule has 1 aromatic carbocycles. The van der Waals surface area contributed by atoms with Crippen molar-refractivity contribution in [3.63, 3.8) is 0 Å². The highest BCUT2D eigenvalue weighted by molar-refractivity contribution is 5.85. The number of aliphatic carboxylic acids is 1. The molecule has 0 aliphatic carbocycles. The summed E-state index contributed by atoms with van der Waals surface area (Å²) in [4.78, 5) is 10.9. The second kappa shape index (κ2) is 7.14. The number of rotatable bonds is 5. The predicted molar refractivity (Wildman–Crippen MR) is 68.5 cm³/mol. The van der Waals surface area contributed by atoms with Crippen molar-refractivity contribution < 1.29 is 14.6 Å². The van der Waals surface area contributed by atoms with Crippen molar-refractivity contribution in [1.82, 2.24) is 0 Å². The van der Waals surface area contributed by atoms with E-state index in [9.17, 15) is 4.79 Å². The van der Waals surface area contributed by atoms with Crippen molar-refractivity contribution >= 4 is 18.4 Å². The minimum atomic E-state index is -0.946. The minimum absolute atomic E-state index is 0. The summed E-state index contributed by atoms with van der Waals surface area (Å²) < 4.78 is 5.40. The Kier molecular flexibility index (Phi) is 6.61. The van der Waals surface area contributed by atoms with E-state index < -0.39 is 12.1 Å². The number of benzene rings is 1. The van der Waals surface area contributed by atoms with Crippen LogP contribution in [0.5, 0.6) is 5.75 Å². The topological polar surface area (TPSA) is 72.5 Å². The van der Waals surface area contributed by atoms with E-state index in [-0.39, 0.29) is 18.3 Å². The lowest BCUT2D eigenvalue weighted by atomic mass is 10.1. The summed E-state index contributed by atoms with van der Waals surface area (Å²) in [5, 5.41) is 8.96. The fourth-order valence-corrected chi connectivity index (χ4v) is 1.32. The molecule has 1 rings (SSSR count). The van der Waals surface area contributed by atoms with Crippen LogP contribution >= 0.6 is 12.4 Å². The molecule has 0 radical (unpaired) electrons. The van der Waals surface area contributed by atoms with Gasteiger partial charge in [-0.05, 0) is 17.7 Å². The lowest BCUT2D eigenvalue weighted by Crippen LogP contribution is -2.32. The van der Waals surface area contributed by atoms with Crippen LogP contribution in [0, 0.1) is 5.92 Å². The number of hydrogen-bond donors (Lipinski definition) is 2. The van der Waals surface area contributed by atoms with Gasteiger partial charge in [0.2, 0.25) is 0 Å². The minimum Gasteiger partial charge on any atom is -0.478 e. The van der Waals surface area contributed by atoms with Crippen LogP contribution in [0.3, 0.4) is 0 Å². The van der Waals surface area contributed by atoms with Gasteiger partial charge in [0.15, 0.2) is 6.10 Å². The quantitative estimate of drug-likeness (QED) is 0.849. The van der Waals surface area contributed by atoms with Gasteiger partial charge in [0, 0.05) is 12.5 Å². The highest BCUT2D eigenvalue weighted by Gasteiger charge is 2.23. The molecule has 17 heavy (non-hydrogen) atoms. The van der Waals surface area contributed by atoms with Gasteiger partial charge < -0.3 is 15.6 Å². The molecule has 0 saturated heterocycles. The molecule has 4 nitrogen and oxygen atoms in total. The third-order valence-electron chi connectivity index (χ3n) is 2.27. The largest absolute Gasteiger partial charge is 0.478 e. The van der Waals surface area contributed by atoms with Gasteiger partial charge in [-0.1, -0.05) is 26.0 Å². The SMILES string of the molecule is CC(C)C(Oc1ccc(CN)cc1)C(=O)O.Cl. The summed E-state index contributed by atoms with van der Waals surface area (Å²) in [5.74, 6) is -0.470. The Bertz CT molecular complexity index is 351. The first-order chi connectivity index (χ1) is 7.54. The van der Waals surface area contributed by atoms with Crippen LogP contribution in [-0.4, -0.2) is 17.2 Å². The molecule has 96 valence electrons. The predicted octanol–water partition coefficient (Wildman–Crippen LogP) is 2.06. The van der Waals surface area contributed by atoms with Gasteiger partial charge in [-0.2, -0.15) is 0 Å². The normalized spacial score (nSPS) is 11.8. The van der Waals surface area contributed by atoms with Gasteiger partial charge in [0.05, 0.1) is 0 Å². The summed E-state index contributed by atoms with van der Waals surface area (Å²) in [6.45, 7) is 4.09. The smallest absolute Gasteiger partial charge is 0.345 e. The summed E-state index contributed by atoms with van der Waals surface area (Å²) in [7, 11) is 0. The molecule has 0 saturated carbocycles. The van der Waals surface area contributed by atoms with Crippen molar-refractivity contribution in [2.75, 3.05) is 0 Å². The van der Waals surface area contributed by atoms with E-state index in [2.05, 4.69) is 0 Å². The second-order valence-corrected chi connectivity index (χ2v) is 3.97. The Labute approximate surface area is 107 Å². The molecule has 0 aliphatic rings. The lowest BCUT2D eigenvalue weighted by molar-refractivity contribution is -0.147. The summed E-state index contributed by atoms with van der Waals surface area (Å²) in [6.07, 6.45) is -0.816. The number of carboxylic acid groups (broad SMARTS) is 1. The molecule has 3 N–H and O–H groups in total. The van der Waals surface area contributed by atoms with Crippen LogP contribution in [0.4, 0.5) is 0 Å².